The van der Waals surface area contributed by atoms with Gasteiger partial charge in [0.05, 0.1) is 33.0 Å². The summed E-state index contributed by atoms with van der Waals surface area (Å²) in [5, 5.41) is 0. The molecule has 24 heavy (non-hydrogen) atoms. The predicted octanol–water partition coefficient (Wildman–Crippen LogP) is 1.89. The van der Waals surface area contributed by atoms with Crippen molar-refractivity contribution in [1.82, 2.24) is 4.90 Å². The molecule has 0 radical (unpaired) electrons. The fraction of sp³-hybridized carbons (Fsp3) is 0.632. The number of rotatable bonds is 5. The summed E-state index contributed by atoms with van der Waals surface area (Å²) in [5.74, 6) is 1.80. The molecule has 3 fully saturated rings. The van der Waals surface area contributed by atoms with Gasteiger partial charge in [-0.05, 0) is 24.1 Å². The van der Waals surface area contributed by atoms with Crippen LogP contribution in [-0.4, -0.2) is 56.2 Å². The first-order valence-corrected chi connectivity index (χ1v) is 8.85. The predicted molar refractivity (Wildman–Crippen MR) is 89.0 cm³/mol. The minimum absolute atomic E-state index is 0.161. The first-order chi connectivity index (χ1) is 11.8. The number of benzene rings is 1. The molecule has 4 atom stereocenters. The molecule has 2 bridgehead atoms. The molecule has 0 spiro atoms. The molecule has 2 saturated carbocycles. The van der Waals surface area contributed by atoms with Crippen molar-refractivity contribution in [2.75, 3.05) is 33.4 Å². The summed E-state index contributed by atoms with van der Waals surface area (Å²) in [6.07, 6.45) is 1.75. The number of fused-ring (bicyclic) bond motifs is 2. The molecule has 0 N–H and O–H groups in total. The number of hydrogen-bond acceptors (Lipinski definition) is 5. The largest absolute Gasteiger partial charge is 0.497 e. The number of hydrogen-bond donors (Lipinski definition) is 0. The Hall–Kier alpha value is -1.43. The van der Waals surface area contributed by atoms with E-state index < -0.39 is 0 Å². The van der Waals surface area contributed by atoms with Crippen LogP contribution < -0.4 is 4.74 Å². The van der Waals surface area contributed by atoms with Gasteiger partial charge in [0, 0.05) is 37.4 Å². The van der Waals surface area contributed by atoms with Crippen LogP contribution in [0, 0.1) is 11.8 Å². The highest BCUT2D eigenvalue weighted by atomic mass is 16.5. The normalized spacial score (nSPS) is 33.1. The quantitative estimate of drug-likeness (QED) is 0.825. The minimum atomic E-state index is 0.161. The Morgan fingerprint density at radius 2 is 1.96 bits per heavy atom. The lowest BCUT2D eigenvalue weighted by Crippen LogP contribution is -2.46. The first kappa shape index (κ1) is 16.1. The fourth-order valence-corrected chi connectivity index (χ4v) is 4.56. The van der Waals surface area contributed by atoms with Crippen molar-refractivity contribution in [3.8, 4) is 5.75 Å². The van der Waals surface area contributed by atoms with E-state index in [2.05, 4.69) is 4.90 Å². The average molecular weight is 331 g/mol. The molecule has 4 rings (SSSR count). The second kappa shape index (κ2) is 6.82. The molecule has 1 saturated heterocycles. The van der Waals surface area contributed by atoms with Gasteiger partial charge in [0.1, 0.15) is 11.5 Å². The van der Waals surface area contributed by atoms with E-state index in [1.54, 1.807) is 7.11 Å². The van der Waals surface area contributed by atoms with E-state index in [0.29, 0.717) is 30.8 Å². The second-order valence-corrected chi connectivity index (χ2v) is 7.01. The first-order valence-electron chi connectivity index (χ1n) is 8.85. The average Bonchev–Trinajstić information content (AvgIpc) is 3.15. The van der Waals surface area contributed by atoms with Crippen molar-refractivity contribution >= 4 is 5.78 Å². The standard InChI is InChI=1S/C19H25NO4/c1-22-14-4-2-13(3-5-14)12-24-18-11-15-17(21)10-16(18)19(15)20-6-8-23-9-7-20/h2-5,15-16,18-19H,6-12H2,1H3. The molecule has 2 aliphatic carbocycles. The molecule has 1 aromatic carbocycles. The van der Waals surface area contributed by atoms with Gasteiger partial charge in [-0.1, -0.05) is 12.1 Å². The van der Waals surface area contributed by atoms with Crippen LogP contribution in [0.4, 0.5) is 0 Å². The third-order valence-electron chi connectivity index (χ3n) is 5.76. The summed E-state index contributed by atoms with van der Waals surface area (Å²) in [7, 11) is 1.67. The van der Waals surface area contributed by atoms with Crippen LogP contribution in [0.5, 0.6) is 5.75 Å². The Balaban J connectivity index is 1.39. The van der Waals surface area contributed by atoms with Gasteiger partial charge in [0.2, 0.25) is 0 Å². The van der Waals surface area contributed by atoms with E-state index in [0.717, 1.165) is 44.0 Å². The van der Waals surface area contributed by atoms with Gasteiger partial charge in [0.15, 0.2) is 0 Å². The van der Waals surface area contributed by atoms with Crippen molar-refractivity contribution in [3.05, 3.63) is 29.8 Å². The number of carbonyl (C=O) groups is 1. The topological polar surface area (TPSA) is 48.0 Å². The lowest BCUT2D eigenvalue weighted by atomic mass is 9.96. The Morgan fingerprint density at radius 3 is 2.67 bits per heavy atom. The van der Waals surface area contributed by atoms with E-state index in [1.807, 2.05) is 24.3 Å². The highest BCUT2D eigenvalue weighted by molar-refractivity contribution is 5.86. The maximum Gasteiger partial charge on any atom is 0.138 e. The van der Waals surface area contributed by atoms with E-state index in [4.69, 9.17) is 14.2 Å². The van der Waals surface area contributed by atoms with Crippen LogP contribution in [0.25, 0.3) is 0 Å². The van der Waals surface area contributed by atoms with Crippen LogP contribution in [0.1, 0.15) is 18.4 Å². The Bertz CT molecular complexity index is 582. The van der Waals surface area contributed by atoms with E-state index in [1.165, 1.54) is 0 Å². The number of ketones is 1. The van der Waals surface area contributed by atoms with E-state index >= 15 is 0 Å². The highest BCUT2D eigenvalue weighted by Crippen LogP contribution is 2.47. The van der Waals surface area contributed by atoms with Crippen molar-refractivity contribution in [3.63, 3.8) is 0 Å². The zero-order valence-corrected chi connectivity index (χ0v) is 14.1. The molecule has 1 aliphatic heterocycles. The molecule has 0 amide bonds. The summed E-state index contributed by atoms with van der Waals surface area (Å²) in [4.78, 5) is 14.7. The highest BCUT2D eigenvalue weighted by Gasteiger charge is 2.55. The third-order valence-corrected chi connectivity index (χ3v) is 5.76. The number of Topliss-reactive ketones (excluding diaryl/α,β-unsaturated/α-hetero) is 1. The van der Waals surface area contributed by atoms with Gasteiger partial charge in [-0.3, -0.25) is 9.69 Å². The summed E-state index contributed by atoms with van der Waals surface area (Å²) in [6, 6.07) is 8.36. The Kier molecular flexibility index (Phi) is 4.57. The molecule has 0 aromatic heterocycles. The molecule has 130 valence electrons. The fourth-order valence-electron chi connectivity index (χ4n) is 4.56. The van der Waals surface area contributed by atoms with Gasteiger partial charge >= 0.3 is 0 Å². The molecule has 5 nitrogen and oxygen atoms in total. The molecule has 1 aromatic rings. The van der Waals surface area contributed by atoms with Crippen LogP contribution in [0.15, 0.2) is 24.3 Å². The van der Waals surface area contributed by atoms with Crippen LogP contribution in [0.3, 0.4) is 0 Å². The summed E-state index contributed by atoms with van der Waals surface area (Å²) < 4.78 is 16.9. The van der Waals surface area contributed by atoms with Gasteiger partial charge in [-0.25, -0.2) is 0 Å². The third kappa shape index (κ3) is 2.96. The minimum Gasteiger partial charge on any atom is -0.497 e. The molecule has 4 unspecified atom stereocenters. The molecular weight excluding hydrogens is 306 g/mol. The number of carbonyl (C=O) groups excluding carboxylic acids is 1. The van der Waals surface area contributed by atoms with Crippen LogP contribution in [0.2, 0.25) is 0 Å². The lowest BCUT2D eigenvalue weighted by Gasteiger charge is -2.34. The van der Waals surface area contributed by atoms with Crippen molar-refractivity contribution < 1.29 is 19.0 Å². The summed E-state index contributed by atoms with van der Waals surface area (Å²) in [5.41, 5.74) is 1.15. The maximum atomic E-state index is 12.3. The molecule has 1 heterocycles. The zero-order chi connectivity index (χ0) is 16.5. The van der Waals surface area contributed by atoms with Gasteiger partial charge in [-0.2, -0.15) is 0 Å². The lowest BCUT2D eigenvalue weighted by molar-refractivity contribution is -0.124. The van der Waals surface area contributed by atoms with Crippen molar-refractivity contribution in [1.29, 1.82) is 0 Å². The van der Waals surface area contributed by atoms with Crippen molar-refractivity contribution in [2.45, 2.75) is 31.6 Å². The van der Waals surface area contributed by atoms with Crippen LogP contribution >= 0.6 is 0 Å². The smallest absolute Gasteiger partial charge is 0.138 e. The molecule has 3 aliphatic rings. The van der Waals surface area contributed by atoms with Crippen LogP contribution in [-0.2, 0) is 20.9 Å². The Labute approximate surface area is 142 Å². The summed E-state index contributed by atoms with van der Waals surface area (Å²) in [6.45, 7) is 4.04. The zero-order valence-electron chi connectivity index (χ0n) is 14.1. The van der Waals surface area contributed by atoms with Gasteiger partial charge < -0.3 is 14.2 Å². The summed E-state index contributed by atoms with van der Waals surface area (Å²) >= 11 is 0. The second-order valence-electron chi connectivity index (χ2n) is 7.01. The van der Waals surface area contributed by atoms with E-state index in [-0.39, 0.29) is 12.0 Å². The number of nitrogens with zero attached hydrogens (tertiary/aromatic N) is 1. The number of morpholine rings is 1. The monoisotopic (exact) mass is 331 g/mol. The SMILES string of the molecule is COc1ccc(COC2CC3C(=O)CC2C3N2CCOCC2)cc1. The van der Waals surface area contributed by atoms with E-state index in [9.17, 15) is 4.79 Å². The Morgan fingerprint density at radius 1 is 1.21 bits per heavy atom. The van der Waals surface area contributed by atoms with Gasteiger partial charge in [0.25, 0.3) is 0 Å². The maximum absolute atomic E-state index is 12.3. The number of methoxy groups -OCH3 is 1. The molecular formula is C19H25NO4. The molecule has 5 heteroatoms. The van der Waals surface area contributed by atoms with Crippen molar-refractivity contribution in [2.24, 2.45) is 11.8 Å². The van der Waals surface area contributed by atoms with Gasteiger partial charge in [-0.15, -0.1) is 0 Å². The number of ether oxygens (including phenoxy) is 3.